The van der Waals surface area contributed by atoms with Crippen LogP contribution in [0.4, 0.5) is 27.6 Å². The van der Waals surface area contributed by atoms with Crippen molar-refractivity contribution < 1.29 is 44.6 Å². The van der Waals surface area contributed by atoms with Crippen LogP contribution in [0.3, 0.4) is 0 Å². The molecule has 14 heteroatoms. The quantitative estimate of drug-likeness (QED) is 0.243. The number of carbonyl (C=O) groups excluding carboxylic acids is 1. The molecule has 0 spiro atoms. The van der Waals surface area contributed by atoms with Gasteiger partial charge in [-0.1, -0.05) is 11.6 Å². The normalized spacial score (nSPS) is 16.0. The van der Waals surface area contributed by atoms with Crippen molar-refractivity contribution in [2.75, 3.05) is 38.9 Å². The number of hydrogen-bond acceptors (Lipinski definition) is 6. The first-order valence-electron chi connectivity index (χ1n) is 9.66. The fourth-order valence-electron chi connectivity index (χ4n) is 3.50. The molecule has 1 saturated heterocycles. The minimum Gasteiger partial charge on any atom is -0.495 e. The number of nitrogens with zero attached hydrogens (tertiary/aromatic N) is 1. The minimum absolute atomic E-state index is 0.0742. The molecular formula is C20H18ClF5N2O5S. The van der Waals surface area contributed by atoms with Crippen molar-refractivity contribution in [3.8, 4) is 11.5 Å². The topological polar surface area (TPSA) is 84.9 Å². The zero-order chi connectivity index (χ0) is 25.2. The Labute approximate surface area is 196 Å². The second kappa shape index (κ2) is 10.2. The Balaban J connectivity index is 1.79. The van der Waals surface area contributed by atoms with Crippen LogP contribution in [0.2, 0.25) is 5.02 Å². The number of halogens is 6. The number of carbonyl (C=O) groups is 1. The van der Waals surface area contributed by atoms with Crippen LogP contribution in [0.25, 0.3) is 0 Å². The predicted molar refractivity (Wildman–Crippen MR) is 112 cm³/mol. The standard InChI is InChI=1S/C20H18ClF5N2O5S/c1-32-13-6-10(21)2-3-12(13)27-7-14(29)28-5-4-11(8-28)34(30,31)20-18(26)16(24)15(23)17(25)19(20)33-9-22/h2-3,6,11,27H,4-5,7-9H2,1H3/t11-/m0/s1. The average molecular weight is 529 g/mol. The second-order valence-electron chi connectivity index (χ2n) is 7.16. The lowest BCUT2D eigenvalue weighted by Crippen LogP contribution is -2.36. The average Bonchev–Trinajstić information content (AvgIpc) is 3.31. The molecule has 3 rings (SSSR count). The highest BCUT2D eigenvalue weighted by Crippen LogP contribution is 2.38. The third-order valence-corrected chi connectivity index (χ3v) is 7.63. The van der Waals surface area contributed by atoms with Crippen LogP contribution >= 0.6 is 11.6 Å². The van der Waals surface area contributed by atoms with E-state index in [0.29, 0.717) is 16.5 Å². The lowest BCUT2D eigenvalue weighted by Gasteiger charge is -2.19. The van der Waals surface area contributed by atoms with E-state index in [1.54, 1.807) is 12.1 Å². The largest absolute Gasteiger partial charge is 0.495 e. The molecule has 2 aromatic rings. The van der Waals surface area contributed by atoms with Crippen molar-refractivity contribution in [1.82, 2.24) is 4.90 Å². The summed E-state index contributed by atoms with van der Waals surface area (Å²) in [4.78, 5) is 12.1. The summed E-state index contributed by atoms with van der Waals surface area (Å²) in [7, 11) is -3.50. The van der Waals surface area contributed by atoms with E-state index >= 15 is 0 Å². The third kappa shape index (κ3) is 4.85. The van der Waals surface area contributed by atoms with Crippen molar-refractivity contribution >= 4 is 33.0 Å². The molecule has 1 aliphatic heterocycles. The molecule has 1 aliphatic rings. The second-order valence-corrected chi connectivity index (χ2v) is 9.76. The molecule has 0 saturated carbocycles. The fourth-order valence-corrected chi connectivity index (χ4v) is 5.53. The van der Waals surface area contributed by atoms with E-state index in [4.69, 9.17) is 16.3 Å². The van der Waals surface area contributed by atoms with Gasteiger partial charge in [-0.05, 0) is 18.6 Å². The maximum Gasteiger partial charge on any atom is 0.241 e. The number of likely N-dealkylation sites (tertiary alicyclic amines) is 1. The maximum absolute atomic E-state index is 14.4. The zero-order valence-electron chi connectivity index (χ0n) is 17.5. The molecule has 0 radical (unpaired) electrons. The van der Waals surface area contributed by atoms with Crippen LogP contribution in [-0.2, 0) is 14.6 Å². The van der Waals surface area contributed by atoms with Crippen LogP contribution in [0.5, 0.6) is 11.5 Å². The molecule has 0 bridgehead atoms. The van der Waals surface area contributed by atoms with E-state index in [1.165, 1.54) is 13.2 Å². The molecule has 1 heterocycles. The van der Waals surface area contributed by atoms with Gasteiger partial charge < -0.3 is 19.7 Å². The Morgan fingerprint density at radius 1 is 1.18 bits per heavy atom. The number of hydrogen-bond donors (Lipinski definition) is 1. The monoisotopic (exact) mass is 528 g/mol. The van der Waals surface area contributed by atoms with E-state index in [-0.39, 0.29) is 19.5 Å². The van der Waals surface area contributed by atoms with Crippen LogP contribution in [0.1, 0.15) is 6.42 Å². The van der Waals surface area contributed by atoms with Gasteiger partial charge >= 0.3 is 0 Å². The molecular weight excluding hydrogens is 511 g/mol. The summed E-state index contributed by atoms with van der Waals surface area (Å²) in [5.74, 6) is -10.9. The summed E-state index contributed by atoms with van der Waals surface area (Å²) in [5, 5.41) is 1.73. The molecule has 2 aromatic carbocycles. The SMILES string of the molecule is COc1cc(Cl)ccc1NCC(=O)N1CC[C@H](S(=O)(=O)c2c(F)c(F)c(F)c(F)c2OCF)C1. The molecule has 0 aliphatic carbocycles. The molecule has 7 nitrogen and oxygen atoms in total. The number of methoxy groups -OCH3 is 1. The van der Waals surface area contributed by atoms with Crippen LogP contribution < -0.4 is 14.8 Å². The van der Waals surface area contributed by atoms with E-state index < -0.39 is 68.3 Å². The van der Waals surface area contributed by atoms with Crippen molar-refractivity contribution in [1.29, 1.82) is 0 Å². The number of ether oxygens (including phenoxy) is 2. The molecule has 0 aromatic heterocycles. The van der Waals surface area contributed by atoms with Crippen LogP contribution in [0, 0.1) is 23.3 Å². The molecule has 1 amide bonds. The van der Waals surface area contributed by atoms with Crippen molar-refractivity contribution in [3.05, 3.63) is 46.5 Å². The molecule has 1 atom stereocenters. The molecule has 0 unspecified atom stereocenters. The van der Waals surface area contributed by atoms with E-state index in [1.807, 2.05) is 0 Å². The fraction of sp³-hybridized carbons (Fsp3) is 0.350. The van der Waals surface area contributed by atoms with Crippen LogP contribution in [-0.4, -0.2) is 58.1 Å². The number of anilines is 1. The number of nitrogens with one attached hydrogen (secondary N) is 1. The number of rotatable bonds is 8. The summed E-state index contributed by atoms with van der Waals surface area (Å²) < 4.78 is 104. The molecule has 1 fully saturated rings. The highest BCUT2D eigenvalue weighted by atomic mass is 35.5. The summed E-state index contributed by atoms with van der Waals surface area (Å²) in [6.07, 6.45) is -0.215. The van der Waals surface area contributed by atoms with E-state index in [2.05, 4.69) is 10.1 Å². The van der Waals surface area contributed by atoms with Crippen molar-refractivity contribution in [2.24, 2.45) is 0 Å². The number of amides is 1. The smallest absolute Gasteiger partial charge is 0.241 e. The summed E-state index contributed by atoms with van der Waals surface area (Å²) in [6.45, 7) is -2.61. The summed E-state index contributed by atoms with van der Waals surface area (Å²) >= 11 is 5.88. The van der Waals surface area contributed by atoms with Gasteiger partial charge in [0.1, 0.15) is 5.75 Å². The minimum atomic E-state index is -4.90. The Morgan fingerprint density at radius 2 is 1.85 bits per heavy atom. The van der Waals surface area contributed by atoms with Gasteiger partial charge in [0.25, 0.3) is 0 Å². The number of alkyl halides is 1. The van der Waals surface area contributed by atoms with Crippen molar-refractivity contribution in [2.45, 2.75) is 16.6 Å². The first kappa shape index (κ1) is 25.8. The Bertz CT molecular complexity index is 1210. The number of benzene rings is 2. The Hall–Kier alpha value is -2.80. The third-order valence-electron chi connectivity index (χ3n) is 5.20. The van der Waals surface area contributed by atoms with Gasteiger partial charge in [-0.15, -0.1) is 0 Å². The molecule has 186 valence electrons. The lowest BCUT2D eigenvalue weighted by atomic mass is 10.3. The first-order valence-corrected chi connectivity index (χ1v) is 11.6. The summed E-state index contributed by atoms with van der Waals surface area (Å²) in [6, 6.07) is 4.64. The van der Waals surface area contributed by atoms with Gasteiger partial charge in [-0.2, -0.15) is 4.39 Å². The maximum atomic E-state index is 14.4. The van der Waals surface area contributed by atoms with Crippen molar-refractivity contribution in [3.63, 3.8) is 0 Å². The highest BCUT2D eigenvalue weighted by molar-refractivity contribution is 7.92. The summed E-state index contributed by atoms with van der Waals surface area (Å²) in [5.41, 5.74) is 0.441. The zero-order valence-corrected chi connectivity index (χ0v) is 19.1. The van der Waals surface area contributed by atoms with Gasteiger partial charge in [0, 0.05) is 24.2 Å². The van der Waals surface area contributed by atoms with Gasteiger partial charge in [-0.25, -0.2) is 26.0 Å². The van der Waals surface area contributed by atoms with Gasteiger partial charge in [0.05, 0.1) is 24.6 Å². The van der Waals surface area contributed by atoms with Crippen LogP contribution in [0.15, 0.2) is 23.1 Å². The first-order chi connectivity index (χ1) is 16.0. The molecule has 1 N–H and O–H groups in total. The lowest BCUT2D eigenvalue weighted by molar-refractivity contribution is -0.128. The predicted octanol–water partition coefficient (Wildman–Crippen LogP) is 3.70. The highest BCUT2D eigenvalue weighted by Gasteiger charge is 2.42. The van der Waals surface area contributed by atoms with Gasteiger partial charge in [-0.3, -0.25) is 4.79 Å². The number of sulfone groups is 1. The van der Waals surface area contributed by atoms with E-state index in [0.717, 1.165) is 4.90 Å². The Morgan fingerprint density at radius 3 is 2.50 bits per heavy atom. The van der Waals surface area contributed by atoms with Gasteiger partial charge in [0.2, 0.25) is 24.4 Å². The molecule has 34 heavy (non-hydrogen) atoms. The van der Waals surface area contributed by atoms with E-state index in [9.17, 15) is 35.2 Å². The van der Waals surface area contributed by atoms with Gasteiger partial charge in [0.15, 0.2) is 32.1 Å². The Kier molecular flexibility index (Phi) is 7.76.